The highest BCUT2D eigenvalue weighted by Crippen LogP contribution is 2.25. The van der Waals surface area contributed by atoms with Gasteiger partial charge in [-0.15, -0.1) is 0 Å². The summed E-state index contributed by atoms with van der Waals surface area (Å²) < 4.78 is 34.2. The van der Waals surface area contributed by atoms with E-state index in [2.05, 4.69) is 4.57 Å². The number of aryl methyl sites for hydroxylation is 3. The molecule has 0 saturated carbocycles. The number of aromatic nitrogens is 1. The molecule has 3 rings (SSSR count). The Bertz CT molecular complexity index is 1090. The molecule has 27 heavy (non-hydrogen) atoms. The molecule has 0 bridgehead atoms. The number of nitrogens with zero attached hydrogens (tertiary/aromatic N) is 1. The lowest BCUT2D eigenvalue weighted by Gasteiger charge is -2.04. The lowest BCUT2D eigenvalue weighted by Crippen LogP contribution is -2.35. The van der Waals surface area contributed by atoms with Crippen molar-refractivity contribution in [3.05, 3.63) is 58.1 Å². The fourth-order valence-corrected chi connectivity index (χ4v) is 4.65. The summed E-state index contributed by atoms with van der Waals surface area (Å²) in [5, 5.41) is 10.9. The van der Waals surface area contributed by atoms with Crippen LogP contribution >= 0.6 is 11.3 Å². The summed E-state index contributed by atoms with van der Waals surface area (Å²) in [4.78, 5) is 0. The monoisotopic (exact) mass is 404 g/mol. The topological polar surface area (TPSA) is 78.5 Å². The Morgan fingerprint density at radius 3 is 2.44 bits per heavy atom. The number of aromatic hydroxyl groups is 1. The first-order chi connectivity index (χ1) is 12.7. The Morgan fingerprint density at radius 1 is 1.11 bits per heavy atom. The minimum atomic E-state index is -3.96. The molecule has 0 aliphatic carbocycles. The quantitative estimate of drug-likeness (QED) is 0.481. The molecule has 0 aliphatic heterocycles. The van der Waals surface area contributed by atoms with E-state index in [1.165, 1.54) is 0 Å². The minimum absolute atomic E-state index is 0.260. The van der Waals surface area contributed by atoms with Crippen LogP contribution in [0.25, 0.3) is 22.4 Å². The van der Waals surface area contributed by atoms with Gasteiger partial charge in [0.25, 0.3) is 15.1 Å². The highest BCUT2D eigenvalue weighted by Gasteiger charge is 2.19. The summed E-state index contributed by atoms with van der Waals surface area (Å²) in [6, 6.07) is 11.8. The average Bonchev–Trinajstić information content (AvgIpc) is 2.94. The molecule has 2 N–H and O–H groups in total. The number of hydrogen-bond acceptors (Lipinski definition) is 4. The molecule has 0 atom stereocenters. The Labute approximate surface area is 163 Å². The zero-order chi connectivity index (χ0) is 19.6. The molecule has 142 valence electrons. The van der Waals surface area contributed by atoms with E-state index < -0.39 is 10.1 Å². The van der Waals surface area contributed by atoms with Gasteiger partial charge in [0.05, 0.1) is 5.75 Å². The second-order valence-electron chi connectivity index (χ2n) is 6.54. The van der Waals surface area contributed by atoms with Gasteiger partial charge in [0.15, 0.2) is 6.54 Å². The van der Waals surface area contributed by atoms with Crippen molar-refractivity contribution in [3.63, 3.8) is 0 Å². The Balaban J connectivity index is 1.94. The van der Waals surface area contributed by atoms with Crippen LogP contribution in [0.15, 0.2) is 36.4 Å². The van der Waals surface area contributed by atoms with Gasteiger partial charge in [-0.25, -0.2) is 0 Å². The van der Waals surface area contributed by atoms with Crippen molar-refractivity contribution in [2.75, 3.05) is 5.75 Å². The molecule has 1 heterocycles. The summed E-state index contributed by atoms with van der Waals surface area (Å²) in [7, 11) is -3.96. The molecular weight excluding hydrogens is 382 g/mol. The lowest BCUT2D eigenvalue weighted by atomic mass is 10.1. The normalized spacial score (nSPS) is 12.3. The van der Waals surface area contributed by atoms with E-state index in [0.717, 1.165) is 31.9 Å². The van der Waals surface area contributed by atoms with Gasteiger partial charge in [0.1, 0.15) is 10.4 Å². The van der Waals surface area contributed by atoms with Crippen LogP contribution in [0, 0.1) is 13.8 Å². The van der Waals surface area contributed by atoms with Gasteiger partial charge in [0.2, 0.25) is 5.52 Å². The third kappa shape index (κ3) is 4.74. The Morgan fingerprint density at radius 2 is 1.78 bits per heavy atom. The molecule has 0 radical (unpaired) electrons. The van der Waals surface area contributed by atoms with Crippen LogP contribution in [-0.2, 0) is 16.7 Å². The fraction of sp³-hybridized carbons (Fsp3) is 0.250. The van der Waals surface area contributed by atoms with Crippen molar-refractivity contribution < 1.29 is 22.6 Å². The molecule has 0 spiro atoms. The molecule has 0 fully saturated rings. The smallest absolute Gasteiger partial charge is 0.265 e. The maximum Gasteiger partial charge on any atom is 0.265 e. The highest BCUT2D eigenvalue weighted by atomic mass is 32.2. The summed E-state index contributed by atoms with van der Waals surface area (Å²) in [6.45, 7) is 4.24. The van der Waals surface area contributed by atoms with Crippen molar-refractivity contribution in [1.29, 1.82) is 0 Å². The van der Waals surface area contributed by atoms with E-state index in [4.69, 9.17) is 4.55 Å². The third-order valence-corrected chi connectivity index (χ3v) is 6.29. The zero-order valence-electron chi connectivity index (χ0n) is 15.2. The van der Waals surface area contributed by atoms with Gasteiger partial charge in [-0.1, -0.05) is 23.5 Å². The van der Waals surface area contributed by atoms with Gasteiger partial charge < -0.3 is 5.11 Å². The predicted molar refractivity (Wildman–Crippen MR) is 110 cm³/mol. The summed E-state index contributed by atoms with van der Waals surface area (Å²) in [5.74, 6) is 0.0539. The van der Waals surface area contributed by atoms with E-state index in [1.54, 1.807) is 11.3 Å². The van der Waals surface area contributed by atoms with E-state index in [9.17, 15) is 13.5 Å². The van der Waals surface area contributed by atoms with E-state index >= 15 is 0 Å². The molecule has 0 amide bonds. The number of phenols is 1. The van der Waals surface area contributed by atoms with E-state index in [1.807, 2.05) is 62.4 Å². The Hall–Kier alpha value is -2.22. The fourth-order valence-electron chi connectivity index (χ4n) is 3.07. The first-order valence-electron chi connectivity index (χ1n) is 8.59. The first-order valence-corrected chi connectivity index (χ1v) is 11.0. The van der Waals surface area contributed by atoms with E-state index in [0.29, 0.717) is 18.7 Å². The number of rotatable bonds is 6. The van der Waals surface area contributed by atoms with Crippen molar-refractivity contribution in [2.24, 2.45) is 0 Å². The average molecular weight is 405 g/mol. The standard InChI is InChI=1S/C20H21NO4S2/c1-14-12-16(13-15(2)20(14)22)8-9-19-21(10-5-11-27(23,24)25)17-6-3-4-7-18(17)26-19/h3-4,6-9,12-13H,5,10-11H2,1-2H3,(H,23,24,25)/p+1. The van der Waals surface area contributed by atoms with Crippen LogP contribution in [0.5, 0.6) is 5.75 Å². The van der Waals surface area contributed by atoms with Crippen molar-refractivity contribution >= 4 is 43.8 Å². The summed E-state index contributed by atoms with van der Waals surface area (Å²) >= 11 is 1.63. The SMILES string of the molecule is Cc1cc(/C=C/c2sc3ccccc3[n+]2CCCS(=O)(=O)O)cc(C)c1O. The highest BCUT2D eigenvalue weighted by molar-refractivity contribution is 7.85. The Kier molecular flexibility index (Phi) is 5.64. The maximum absolute atomic E-state index is 11.0. The number of phenolic OH excluding ortho intramolecular Hbond substituents is 1. The van der Waals surface area contributed by atoms with Crippen LogP contribution in [0.1, 0.15) is 28.1 Å². The number of benzene rings is 2. The first kappa shape index (κ1) is 19.5. The summed E-state index contributed by atoms with van der Waals surface area (Å²) in [6.07, 6.45) is 4.33. The minimum Gasteiger partial charge on any atom is -0.507 e. The third-order valence-electron chi connectivity index (χ3n) is 4.35. The van der Waals surface area contributed by atoms with Gasteiger partial charge in [-0.05, 0) is 54.8 Å². The number of fused-ring (bicyclic) bond motifs is 1. The molecule has 0 unspecified atom stereocenters. The molecule has 1 aromatic heterocycles. The van der Waals surface area contributed by atoms with E-state index in [-0.39, 0.29) is 5.75 Å². The second kappa shape index (κ2) is 7.80. The molecule has 5 nitrogen and oxygen atoms in total. The number of hydrogen-bond donors (Lipinski definition) is 2. The van der Waals surface area contributed by atoms with Gasteiger partial charge in [0, 0.05) is 18.6 Å². The van der Waals surface area contributed by atoms with Gasteiger partial charge >= 0.3 is 0 Å². The van der Waals surface area contributed by atoms with Crippen LogP contribution < -0.4 is 4.57 Å². The van der Waals surface area contributed by atoms with Crippen LogP contribution in [-0.4, -0.2) is 23.8 Å². The largest absolute Gasteiger partial charge is 0.507 e. The van der Waals surface area contributed by atoms with Crippen LogP contribution in [0.3, 0.4) is 0 Å². The van der Waals surface area contributed by atoms with Crippen LogP contribution in [0.4, 0.5) is 0 Å². The molecule has 2 aromatic carbocycles. The number of thiazole rings is 1. The second-order valence-corrected chi connectivity index (χ2v) is 9.17. The lowest BCUT2D eigenvalue weighted by molar-refractivity contribution is -0.668. The van der Waals surface area contributed by atoms with Gasteiger partial charge in [-0.3, -0.25) is 4.55 Å². The van der Waals surface area contributed by atoms with Gasteiger partial charge in [-0.2, -0.15) is 13.0 Å². The van der Waals surface area contributed by atoms with Crippen molar-refractivity contribution in [1.82, 2.24) is 0 Å². The zero-order valence-corrected chi connectivity index (χ0v) is 16.8. The summed E-state index contributed by atoms with van der Waals surface area (Å²) in [5.41, 5.74) is 3.68. The molecule has 7 heteroatoms. The molecular formula is C20H22NO4S2+. The molecule has 0 saturated heterocycles. The number of para-hydroxylation sites is 1. The van der Waals surface area contributed by atoms with Crippen molar-refractivity contribution in [3.8, 4) is 5.75 Å². The predicted octanol–water partition coefficient (Wildman–Crippen LogP) is 3.96. The maximum atomic E-state index is 11.0. The van der Waals surface area contributed by atoms with Crippen molar-refractivity contribution in [2.45, 2.75) is 26.8 Å². The van der Waals surface area contributed by atoms with Crippen LogP contribution in [0.2, 0.25) is 0 Å². The molecule has 0 aliphatic rings. The molecule has 3 aromatic rings.